The number of alkyl halides is 3. The van der Waals surface area contributed by atoms with E-state index in [2.05, 4.69) is 25.1 Å². The predicted octanol–water partition coefficient (Wildman–Crippen LogP) is 6.98. The Balaban J connectivity index is 1.20. The lowest BCUT2D eigenvalue weighted by Gasteiger charge is -2.26. The number of ether oxygens (including phenoxy) is 2. The number of allylic oxidation sites excluding steroid dienone is 1. The number of benzene rings is 2. The van der Waals surface area contributed by atoms with Crippen molar-refractivity contribution in [3.8, 4) is 11.4 Å². The molecule has 0 saturated carbocycles. The first-order valence-corrected chi connectivity index (χ1v) is 15.6. The van der Waals surface area contributed by atoms with Gasteiger partial charge in [-0.3, -0.25) is 9.69 Å². The summed E-state index contributed by atoms with van der Waals surface area (Å²) in [7, 11) is 0. The van der Waals surface area contributed by atoms with Gasteiger partial charge in [-0.1, -0.05) is 62.3 Å². The highest BCUT2D eigenvalue weighted by molar-refractivity contribution is 8.15. The Morgan fingerprint density at radius 3 is 2.65 bits per heavy atom. The summed E-state index contributed by atoms with van der Waals surface area (Å²) in [5.74, 6) is 0.183. The standard InChI is InChI=1S/C31H30ClF3N6O4S/c1-17(2)22-10-5-18(3)13-24(22)41-27(42)15-46-30(41)38-29(43)37-23-11-12-25(28(32)19(23)4)44-14-26-36-16-40(39-26)20-6-8-21(9-7-20)45-31(33,34)35/h5-13,16-17,19,23H,14-15H2,1-4H3,(H,37,43). The minimum atomic E-state index is -4.78. The van der Waals surface area contributed by atoms with E-state index >= 15 is 0 Å². The van der Waals surface area contributed by atoms with Crippen LogP contribution in [0.5, 0.6) is 5.75 Å². The van der Waals surface area contributed by atoms with Gasteiger partial charge in [0.15, 0.2) is 11.0 Å². The zero-order valence-corrected chi connectivity index (χ0v) is 26.8. The maximum absolute atomic E-state index is 13.0. The van der Waals surface area contributed by atoms with Crippen LogP contribution in [-0.2, 0) is 16.1 Å². The van der Waals surface area contributed by atoms with E-state index in [0.29, 0.717) is 27.5 Å². The Morgan fingerprint density at radius 1 is 1.22 bits per heavy atom. The van der Waals surface area contributed by atoms with E-state index < -0.39 is 18.4 Å². The van der Waals surface area contributed by atoms with Crippen LogP contribution in [-0.4, -0.2) is 50.0 Å². The van der Waals surface area contributed by atoms with E-state index in [0.717, 1.165) is 16.8 Å². The molecule has 0 bridgehead atoms. The maximum atomic E-state index is 13.0. The van der Waals surface area contributed by atoms with Crippen molar-refractivity contribution in [2.24, 2.45) is 10.9 Å². The Kier molecular flexibility index (Phi) is 9.77. The molecule has 46 heavy (non-hydrogen) atoms. The first-order valence-electron chi connectivity index (χ1n) is 14.2. The monoisotopic (exact) mass is 674 g/mol. The summed E-state index contributed by atoms with van der Waals surface area (Å²) in [6.07, 6.45) is 0.000240. The lowest BCUT2D eigenvalue weighted by molar-refractivity contribution is -0.274. The zero-order valence-electron chi connectivity index (χ0n) is 25.2. The van der Waals surface area contributed by atoms with E-state index in [-0.39, 0.29) is 35.9 Å². The number of aryl methyl sites for hydroxylation is 1. The predicted molar refractivity (Wildman–Crippen MR) is 169 cm³/mol. The molecule has 0 spiro atoms. The molecule has 1 fully saturated rings. The van der Waals surface area contributed by atoms with Gasteiger partial charge in [0.05, 0.1) is 28.2 Å². The Labute approximate surface area is 272 Å². The van der Waals surface area contributed by atoms with Gasteiger partial charge >= 0.3 is 12.4 Å². The number of aliphatic imine (C=N–C) groups is 1. The molecule has 1 aliphatic heterocycles. The molecule has 242 valence electrons. The van der Waals surface area contributed by atoms with Crippen molar-refractivity contribution in [2.45, 2.75) is 52.6 Å². The van der Waals surface area contributed by atoms with Gasteiger partial charge in [-0.05, 0) is 60.4 Å². The summed E-state index contributed by atoms with van der Waals surface area (Å²) in [6, 6.07) is 10.0. The van der Waals surface area contributed by atoms with Gasteiger partial charge in [-0.25, -0.2) is 14.5 Å². The van der Waals surface area contributed by atoms with Gasteiger partial charge in [0.1, 0.15) is 24.4 Å². The van der Waals surface area contributed by atoms with Crippen molar-refractivity contribution in [3.63, 3.8) is 0 Å². The van der Waals surface area contributed by atoms with Crippen LogP contribution >= 0.6 is 23.4 Å². The summed E-state index contributed by atoms with van der Waals surface area (Å²) in [5.41, 5.74) is 3.17. The van der Waals surface area contributed by atoms with Gasteiger partial charge in [-0.2, -0.15) is 4.99 Å². The molecular formula is C31H30ClF3N6O4S. The number of carbonyl (C=O) groups is 2. The number of nitrogens with one attached hydrogen (secondary N) is 1. The van der Waals surface area contributed by atoms with E-state index in [1.807, 2.05) is 45.9 Å². The third kappa shape index (κ3) is 7.73. The number of hydrogen-bond donors (Lipinski definition) is 1. The number of hydrogen-bond acceptors (Lipinski definition) is 7. The molecule has 0 radical (unpaired) electrons. The average Bonchev–Trinajstić information content (AvgIpc) is 3.61. The molecule has 10 nitrogen and oxygen atoms in total. The third-order valence-corrected chi connectivity index (χ3v) is 8.62. The number of amidine groups is 1. The Hall–Kier alpha value is -4.30. The first kappa shape index (κ1) is 33.1. The number of urea groups is 1. The lowest BCUT2D eigenvalue weighted by atomic mass is 9.96. The number of aromatic nitrogens is 3. The molecule has 15 heteroatoms. The van der Waals surface area contributed by atoms with Gasteiger partial charge in [0.25, 0.3) is 0 Å². The molecule has 1 N–H and O–H groups in total. The van der Waals surface area contributed by atoms with E-state index in [4.69, 9.17) is 16.3 Å². The van der Waals surface area contributed by atoms with E-state index in [1.54, 1.807) is 12.2 Å². The number of anilines is 1. The second-order valence-electron chi connectivity index (χ2n) is 10.9. The minimum Gasteiger partial charge on any atom is -0.484 e. The van der Waals surface area contributed by atoms with Crippen molar-refractivity contribution in [2.75, 3.05) is 10.7 Å². The molecule has 2 atom stereocenters. The number of amides is 3. The van der Waals surface area contributed by atoms with Crippen molar-refractivity contribution < 1.29 is 32.2 Å². The highest BCUT2D eigenvalue weighted by Gasteiger charge is 2.34. The number of nitrogens with zero attached hydrogens (tertiary/aromatic N) is 5. The topological polar surface area (TPSA) is 111 Å². The van der Waals surface area contributed by atoms with Crippen molar-refractivity contribution in [3.05, 3.63) is 88.7 Å². The number of carbonyl (C=O) groups excluding carboxylic acids is 2. The van der Waals surface area contributed by atoms with Crippen LogP contribution in [0.15, 0.2) is 76.7 Å². The van der Waals surface area contributed by atoms with Crippen LogP contribution in [0.2, 0.25) is 0 Å². The zero-order chi connectivity index (χ0) is 33.2. The van der Waals surface area contributed by atoms with Crippen LogP contribution in [0.1, 0.15) is 43.6 Å². The molecule has 3 aromatic rings. The molecule has 1 saturated heterocycles. The second-order valence-corrected chi connectivity index (χ2v) is 12.2. The lowest BCUT2D eigenvalue weighted by Crippen LogP contribution is -2.39. The van der Waals surface area contributed by atoms with Crippen LogP contribution in [0.3, 0.4) is 0 Å². The van der Waals surface area contributed by atoms with E-state index in [1.165, 1.54) is 51.9 Å². The molecule has 1 aromatic heterocycles. The van der Waals surface area contributed by atoms with Crippen LogP contribution < -0.4 is 15.0 Å². The molecule has 2 aromatic carbocycles. The van der Waals surface area contributed by atoms with E-state index in [9.17, 15) is 22.8 Å². The Bertz CT molecular complexity index is 1720. The summed E-state index contributed by atoms with van der Waals surface area (Å²) < 4.78 is 48.3. The first-order chi connectivity index (χ1) is 21.8. The SMILES string of the molecule is Cc1ccc(C(C)C)c(N2C(=O)CSC2=NC(=O)NC2C=CC(OCc3ncn(-c4ccc(OC(F)(F)F)cc4)n3)=C(Cl)C2C)c1. The van der Waals surface area contributed by atoms with Crippen molar-refractivity contribution in [1.82, 2.24) is 20.1 Å². The van der Waals surface area contributed by atoms with Gasteiger partial charge in [0.2, 0.25) is 5.91 Å². The summed E-state index contributed by atoms with van der Waals surface area (Å²) in [6.45, 7) is 7.83. The molecule has 5 rings (SSSR count). The molecule has 2 unspecified atom stereocenters. The Morgan fingerprint density at radius 2 is 1.96 bits per heavy atom. The highest BCUT2D eigenvalue weighted by Crippen LogP contribution is 2.35. The van der Waals surface area contributed by atoms with Crippen molar-refractivity contribution >= 4 is 46.2 Å². The molecule has 3 amide bonds. The van der Waals surface area contributed by atoms with Crippen LogP contribution in [0.4, 0.5) is 23.7 Å². The quantitative estimate of drug-likeness (QED) is 0.274. The smallest absolute Gasteiger partial charge is 0.484 e. The molecule has 2 aliphatic rings. The number of thioether (sulfide) groups is 1. The molecule has 2 heterocycles. The average molecular weight is 675 g/mol. The third-order valence-electron chi connectivity index (χ3n) is 7.16. The fourth-order valence-electron chi connectivity index (χ4n) is 4.82. The fraction of sp³-hybridized carbons (Fsp3) is 0.323. The minimum absolute atomic E-state index is 0.0338. The summed E-state index contributed by atoms with van der Waals surface area (Å²) in [4.78, 5) is 35.8. The van der Waals surface area contributed by atoms with Gasteiger partial charge < -0.3 is 14.8 Å². The number of halogens is 4. The summed E-state index contributed by atoms with van der Waals surface area (Å²) in [5, 5.41) is 7.83. The fourth-order valence-corrected chi connectivity index (χ4v) is 5.93. The normalized spacial score (nSPS) is 19.4. The second kappa shape index (κ2) is 13.6. The van der Waals surface area contributed by atoms with Gasteiger partial charge in [-0.15, -0.1) is 18.3 Å². The number of rotatable bonds is 8. The van der Waals surface area contributed by atoms with Crippen LogP contribution in [0.25, 0.3) is 5.69 Å². The summed E-state index contributed by atoms with van der Waals surface area (Å²) >= 11 is 7.83. The largest absolute Gasteiger partial charge is 0.573 e. The molecule has 1 aliphatic carbocycles. The van der Waals surface area contributed by atoms with Gasteiger partial charge in [0, 0.05) is 5.92 Å². The van der Waals surface area contributed by atoms with Crippen molar-refractivity contribution in [1.29, 1.82) is 0 Å². The highest BCUT2D eigenvalue weighted by atomic mass is 35.5. The maximum Gasteiger partial charge on any atom is 0.573 e. The van der Waals surface area contributed by atoms with Crippen LogP contribution in [0, 0.1) is 12.8 Å². The molecular weight excluding hydrogens is 645 g/mol.